The highest BCUT2D eigenvalue weighted by molar-refractivity contribution is 5.77. The molecule has 80 valence electrons. The Balaban J connectivity index is 2.90. The van der Waals surface area contributed by atoms with Crippen LogP contribution in [0.15, 0.2) is 42.5 Å². The first-order valence-electron chi connectivity index (χ1n) is 4.99. The second-order valence-corrected chi connectivity index (χ2v) is 3.88. The Morgan fingerprint density at radius 2 is 2.00 bits per heavy atom. The van der Waals surface area contributed by atoms with Gasteiger partial charge in [0.25, 0.3) is 0 Å². The minimum Gasteiger partial charge on any atom is -0.481 e. The molecule has 0 aliphatic rings. The third-order valence-electron chi connectivity index (χ3n) is 2.44. The van der Waals surface area contributed by atoms with E-state index >= 15 is 0 Å². The number of benzene rings is 1. The Kier molecular flexibility index (Phi) is 3.67. The monoisotopic (exact) mass is 204 g/mol. The van der Waals surface area contributed by atoms with Crippen LogP contribution in [-0.2, 0) is 11.2 Å². The highest BCUT2D eigenvalue weighted by Gasteiger charge is 2.29. The van der Waals surface area contributed by atoms with Gasteiger partial charge in [-0.05, 0) is 25.8 Å². The van der Waals surface area contributed by atoms with Crippen LogP contribution in [0.25, 0.3) is 0 Å². The number of rotatable bonds is 4. The summed E-state index contributed by atoms with van der Waals surface area (Å²) in [6.45, 7) is 3.58. The van der Waals surface area contributed by atoms with Crippen LogP contribution in [0.4, 0.5) is 0 Å². The van der Waals surface area contributed by atoms with Crippen molar-refractivity contribution in [3.63, 3.8) is 0 Å². The van der Waals surface area contributed by atoms with Crippen molar-refractivity contribution >= 4 is 5.97 Å². The molecule has 1 rings (SSSR count). The fraction of sp³-hybridized carbons (Fsp3) is 0.308. The molecule has 15 heavy (non-hydrogen) atoms. The average Bonchev–Trinajstić information content (AvgIpc) is 2.19. The van der Waals surface area contributed by atoms with E-state index in [1.54, 1.807) is 19.1 Å². The molecule has 0 bridgehead atoms. The molecule has 0 spiro atoms. The van der Waals surface area contributed by atoms with Crippen LogP contribution < -0.4 is 0 Å². The van der Waals surface area contributed by atoms with Gasteiger partial charge in [0.05, 0.1) is 5.41 Å². The van der Waals surface area contributed by atoms with Crippen molar-refractivity contribution < 1.29 is 9.90 Å². The summed E-state index contributed by atoms with van der Waals surface area (Å²) in [6.07, 6.45) is 4.05. The molecule has 1 unspecified atom stereocenters. The van der Waals surface area contributed by atoms with Crippen LogP contribution in [0.2, 0.25) is 0 Å². The van der Waals surface area contributed by atoms with Gasteiger partial charge < -0.3 is 5.11 Å². The minimum absolute atomic E-state index is 0.521. The van der Waals surface area contributed by atoms with Crippen molar-refractivity contribution in [2.45, 2.75) is 20.3 Å². The van der Waals surface area contributed by atoms with E-state index in [9.17, 15) is 9.90 Å². The largest absolute Gasteiger partial charge is 0.481 e. The Morgan fingerprint density at radius 1 is 1.40 bits per heavy atom. The van der Waals surface area contributed by atoms with Crippen molar-refractivity contribution in [3.05, 3.63) is 48.0 Å². The van der Waals surface area contributed by atoms with E-state index in [-0.39, 0.29) is 0 Å². The summed E-state index contributed by atoms with van der Waals surface area (Å²) < 4.78 is 0. The Morgan fingerprint density at radius 3 is 2.47 bits per heavy atom. The van der Waals surface area contributed by atoms with Crippen LogP contribution in [0.3, 0.4) is 0 Å². The summed E-state index contributed by atoms with van der Waals surface area (Å²) in [7, 11) is 0. The molecule has 2 heteroatoms. The number of aliphatic carboxylic acids is 1. The van der Waals surface area contributed by atoms with Crippen molar-refractivity contribution in [1.82, 2.24) is 0 Å². The number of allylic oxidation sites excluding steroid dienone is 1. The molecular weight excluding hydrogens is 188 g/mol. The van der Waals surface area contributed by atoms with Gasteiger partial charge in [0.2, 0.25) is 0 Å². The summed E-state index contributed by atoms with van der Waals surface area (Å²) in [5.41, 5.74) is 0.233. The van der Waals surface area contributed by atoms with Gasteiger partial charge in [-0.15, -0.1) is 0 Å². The molecule has 0 saturated heterocycles. The second kappa shape index (κ2) is 4.78. The van der Waals surface area contributed by atoms with Gasteiger partial charge in [0.15, 0.2) is 0 Å². The molecule has 0 fully saturated rings. The van der Waals surface area contributed by atoms with Crippen molar-refractivity contribution in [1.29, 1.82) is 0 Å². The van der Waals surface area contributed by atoms with Crippen LogP contribution in [0.5, 0.6) is 0 Å². The molecule has 0 radical (unpaired) electrons. The smallest absolute Gasteiger partial charge is 0.313 e. The normalized spacial score (nSPS) is 15.1. The third kappa shape index (κ3) is 2.94. The molecule has 1 aromatic carbocycles. The Bertz CT molecular complexity index is 354. The number of hydrogen-bond donors (Lipinski definition) is 1. The lowest BCUT2D eigenvalue weighted by Gasteiger charge is -2.20. The van der Waals surface area contributed by atoms with E-state index in [2.05, 4.69) is 0 Å². The molecule has 0 aromatic heterocycles. The van der Waals surface area contributed by atoms with E-state index in [0.717, 1.165) is 5.56 Å². The van der Waals surface area contributed by atoms with Crippen molar-refractivity contribution in [2.24, 2.45) is 5.41 Å². The topological polar surface area (TPSA) is 37.3 Å². The number of carboxylic acids is 1. The first-order chi connectivity index (χ1) is 7.08. The summed E-state index contributed by atoms with van der Waals surface area (Å²) in [6, 6.07) is 9.67. The zero-order valence-corrected chi connectivity index (χ0v) is 9.10. The summed E-state index contributed by atoms with van der Waals surface area (Å²) in [5.74, 6) is -0.788. The molecule has 0 aliphatic carbocycles. The van der Waals surface area contributed by atoms with E-state index in [1.807, 2.05) is 37.3 Å². The number of hydrogen-bond acceptors (Lipinski definition) is 1. The van der Waals surface area contributed by atoms with Crippen LogP contribution in [-0.4, -0.2) is 11.1 Å². The van der Waals surface area contributed by atoms with Crippen molar-refractivity contribution in [3.8, 4) is 0 Å². The lowest BCUT2D eigenvalue weighted by molar-refractivity contribution is -0.145. The molecule has 1 N–H and O–H groups in total. The van der Waals surface area contributed by atoms with Gasteiger partial charge in [0.1, 0.15) is 0 Å². The fourth-order valence-electron chi connectivity index (χ4n) is 1.59. The average molecular weight is 204 g/mol. The quantitative estimate of drug-likeness (QED) is 0.766. The van der Waals surface area contributed by atoms with E-state index in [4.69, 9.17) is 0 Å². The maximum Gasteiger partial charge on any atom is 0.313 e. The molecule has 1 aromatic rings. The highest BCUT2D eigenvalue weighted by atomic mass is 16.4. The number of carbonyl (C=O) groups is 1. The standard InChI is InChI=1S/C13H16O2/c1-3-9-13(2,12(14)15)10-11-7-5-4-6-8-11/h3-9H,10H2,1-2H3,(H,14,15). The highest BCUT2D eigenvalue weighted by Crippen LogP contribution is 2.24. The zero-order chi connectivity index (χ0) is 11.3. The van der Waals surface area contributed by atoms with Gasteiger partial charge in [-0.1, -0.05) is 42.5 Å². The second-order valence-electron chi connectivity index (χ2n) is 3.88. The Labute approximate surface area is 90.3 Å². The first-order valence-corrected chi connectivity index (χ1v) is 4.99. The maximum atomic E-state index is 11.2. The summed E-state index contributed by atoms with van der Waals surface area (Å²) in [4.78, 5) is 11.2. The molecule has 0 heterocycles. The minimum atomic E-state index is -0.809. The predicted molar refractivity (Wildman–Crippen MR) is 60.7 cm³/mol. The molecule has 1 atom stereocenters. The van der Waals surface area contributed by atoms with Gasteiger partial charge in [-0.3, -0.25) is 4.79 Å². The molecule has 2 nitrogen and oxygen atoms in total. The molecule has 0 saturated carbocycles. The van der Waals surface area contributed by atoms with Crippen molar-refractivity contribution in [2.75, 3.05) is 0 Å². The van der Waals surface area contributed by atoms with Crippen LogP contribution in [0, 0.1) is 5.41 Å². The SMILES string of the molecule is CC=CC(C)(Cc1ccccc1)C(=O)O. The van der Waals surface area contributed by atoms with Gasteiger partial charge in [-0.2, -0.15) is 0 Å². The van der Waals surface area contributed by atoms with Crippen LogP contribution in [0.1, 0.15) is 19.4 Å². The van der Waals surface area contributed by atoms with E-state index < -0.39 is 11.4 Å². The summed E-state index contributed by atoms with van der Waals surface area (Å²) >= 11 is 0. The zero-order valence-electron chi connectivity index (χ0n) is 9.10. The predicted octanol–water partition coefficient (Wildman–Crippen LogP) is 2.90. The number of carboxylic acid groups (broad SMARTS) is 1. The van der Waals surface area contributed by atoms with Gasteiger partial charge in [0, 0.05) is 0 Å². The van der Waals surface area contributed by atoms with E-state index in [1.165, 1.54) is 0 Å². The molecular formula is C13H16O2. The molecule has 0 amide bonds. The van der Waals surface area contributed by atoms with Gasteiger partial charge >= 0.3 is 5.97 Å². The van der Waals surface area contributed by atoms with Gasteiger partial charge in [-0.25, -0.2) is 0 Å². The first kappa shape index (κ1) is 11.5. The fourth-order valence-corrected chi connectivity index (χ4v) is 1.59. The third-order valence-corrected chi connectivity index (χ3v) is 2.44. The molecule has 0 aliphatic heterocycles. The summed E-state index contributed by atoms with van der Waals surface area (Å²) in [5, 5.41) is 9.17. The lowest BCUT2D eigenvalue weighted by Crippen LogP contribution is -2.27. The van der Waals surface area contributed by atoms with E-state index in [0.29, 0.717) is 6.42 Å². The Hall–Kier alpha value is -1.57. The lowest BCUT2D eigenvalue weighted by atomic mass is 9.83. The maximum absolute atomic E-state index is 11.2. The van der Waals surface area contributed by atoms with Crippen LogP contribution >= 0.6 is 0 Å².